The highest BCUT2D eigenvalue weighted by Crippen LogP contribution is 2.17. The van der Waals surface area contributed by atoms with Crippen LogP contribution in [-0.4, -0.2) is 35.7 Å². The van der Waals surface area contributed by atoms with Gasteiger partial charge in [-0.1, -0.05) is 15.9 Å². The minimum atomic E-state index is -1.13. The minimum absolute atomic E-state index is 0.489. The second kappa shape index (κ2) is 8.84. The summed E-state index contributed by atoms with van der Waals surface area (Å²) in [7, 11) is 0. The van der Waals surface area contributed by atoms with Crippen LogP contribution in [0.2, 0.25) is 0 Å². The maximum atomic E-state index is 12.0. The quantitative estimate of drug-likeness (QED) is 0.722. The molecule has 0 aliphatic carbocycles. The van der Waals surface area contributed by atoms with E-state index in [1.165, 1.54) is 13.8 Å². The molecule has 2 N–H and O–H groups in total. The second-order valence-corrected chi connectivity index (χ2v) is 7.40. The van der Waals surface area contributed by atoms with E-state index >= 15 is 0 Å². The van der Waals surface area contributed by atoms with Crippen LogP contribution < -0.4 is 15.4 Å². The zero-order valence-corrected chi connectivity index (χ0v) is 16.5. The number of benzene rings is 1. The Labute approximate surface area is 155 Å². The Morgan fingerprint density at radius 1 is 1.04 bits per heavy atom. The molecule has 2 atom stereocenters. The lowest BCUT2D eigenvalue weighted by Crippen LogP contribution is -2.51. The standard InChI is InChI=1S/C17H23BrN2O5/c1-10(14(21)19-16(23)20-17(3,4)5)25-15(22)11(2)24-13-8-6-12(18)7-9-13/h6-11H,1-5H3,(H2,19,20,21,23)/t10-,11+/m1/s1. The number of carbonyl (C=O) groups excluding carboxylic acids is 3. The molecule has 1 aromatic carbocycles. The van der Waals surface area contributed by atoms with Gasteiger partial charge < -0.3 is 14.8 Å². The number of hydrogen-bond acceptors (Lipinski definition) is 5. The van der Waals surface area contributed by atoms with E-state index in [1.807, 2.05) is 0 Å². The van der Waals surface area contributed by atoms with Gasteiger partial charge in [0.25, 0.3) is 5.91 Å². The Bertz CT molecular complexity index is 625. The summed E-state index contributed by atoms with van der Waals surface area (Å²) in [5.41, 5.74) is -0.489. The Morgan fingerprint density at radius 3 is 2.12 bits per heavy atom. The van der Waals surface area contributed by atoms with E-state index in [2.05, 4.69) is 26.6 Å². The van der Waals surface area contributed by atoms with E-state index in [0.29, 0.717) is 5.75 Å². The SMILES string of the molecule is C[C@H](Oc1ccc(Br)cc1)C(=O)O[C@H](C)C(=O)NC(=O)NC(C)(C)C. The first-order valence-corrected chi connectivity index (χ1v) is 8.53. The van der Waals surface area contributed by atoms with Gasteiger partial charge in [-0.25, -0.2) is 9.59 Å². The van der Waals surface area contributed by atoms with Gasteiger partial charge in [0.1, 0.15) is 5.75 Å². The average Bonchev–Trinajstić information content (AvgIpc) is 2.47. The molecular weight excluding hydrogens is 392 g/mol. The van der Waals surface area contributed by atoms with E-state index in [-0.39, 0.29) is 0 Å². The number of carbonyl (C=O) groups is 3. The van der Waals surface area contributed by atoms with Crippen LogP contribution in [0.4, 0.5) is 4.79 Å². The van der Waals surface area contributed by atoms with Crippen LogP contribution in [0.5, 0.6) is 5.75 Å². The number of esters is 1. The van der Waals surface area contributed by atoms with E-state index in [1.54, 1.807) is 45.0 Å². The highest BCUT2D eigenvalue weighted by Gasteiger charge is 2.25. The third-order valence-corrected chi connectivity index (χ3v) is 3.37. The lowest BCUT2D eigenvalue weighted by atomic mass is 10.1. The zero-order chi connectivity index (χ0) is 19.2. The van der Waals surface area contributed by atoms with Crippen molar-refractivity contribution in [3.63, 3.8) is 0 Å². The van der Waals surface area contributed by atoms with Gasteiger partial charge in [0.15, 0.2) is 12.2 Å². The fraction of sp³-hybridized carbons (Fsp3) is 0.471. The number of imide groups is 1. The minimum Gasteiger partial charge on any atom is -0.479 e. The number of hydrogen-bond donors (Lipinski definition) is 2. The maximum Gasteiger partial charge on any atom is 0.347 e. The van der Waals surface area contributed by atoms with Gasteiger partial charge in [-0.15, -0.1) is 0 Å². The van der Waals surface area contributed by atoms with E-state index < -0.39 is 35.7 Å². The number of amides is 3. The van der Waals surface area contributed by atoms with Crippen LogP contribution in [0.25, 0.3) is 0 Å². The maximum absolute atomic E-state index is 12.0. The van der Waals surface area contributed by atoms with Crippen LogP contribution in [0.1, 0.15) is 34.6 Å². The molecule has 138 valence electrons. The van der Waals surface area contributed by atoms with Crippen molar-refractivity contribution in [3.8, 4) is 5.75 Å². The molecule has 1 rings (SSSR count). The second-order valence-electron chi connectivity index (χ2n) is 6.49. The summed E-state index contributed by atoms with van der Waals surface area (Å²) in [5, 5.41) is 4.70. The smallest absolute Gasteiger partial charge is 0.347 e. The predicted octanol–water partition coefficient (Wildman–Crippen LogP) is 2.77. The zero-order valence-electron chi connectivity index (χ0n) is 14.9. The highest BCUT2D eigenvalue weighted by atomic mass is 79.9. The molecule has 0 bridgehead atoms. The van der Waals surface area contributed by atoms with Crippen molar-refractivity contribution in [1.29, 1.82) is 0 Å². The van der Waals surface area contributed by atoms with Gasteiger partial charge in [0.2, 0.25) is 0 Å². The summed E-state index contributed by atoms with van der Waals surface area (Å²) < 4.78 is 11.4. The predicted molar refractivity (Wildman–Crippen MR) is 96.2 cm³/mol. The van der Waals surface area contributed by atoms with Gasteiger partial charge in [0.05, 0.1) is 0 Å². The van der Waals surface area contributed by atoms with Gasteiger partial charge in [-0.3, -0.25) is 10.1 Å². The Balaban J connectivity index is 2.50. The molecule has 7 nitrogen and oxygen atoms in total. The normalized spacial score (nSPS) is 13.4. The van der Waals surface area contributed by atoms with Crippen LogP contribution >= 0.6 is 15.9 Å². The molecule has 1 aromatic rings. The number of rotatable bonds is 5. The summed E-state index contributed by atoms with van der Waals surface area (Å²) in [6, 6.07) is 6.29. The van der Waals surface area contributed by atoms with Gasteiger partial charge in [-0.05, 0) is 58.9 Å². The van der Waals surface area contributed by atoms with Crippen molar-refractivity contribution in [2.24, 2.45) is 0 Å². The fourth-order valence-corrected chi connectivity index (χ4v) is 1.94. The van der Waals surface area contributed by atoms with Crippen LogP contribution in [-0.2, 0) is 14.3 Å². The molecule has 0 unspecified atom stereocenters. The molecule has 25 heavy (non-hydrogen) atoms. The third-order valence-electron chi connectivity index (χ3n) is 2.85. The number of urea groups is 1. The summed E-state index contributed by atoms with van der Waals surface area (Å²) in [6.45, 7) is 8.23. The summed E-state index contributed by atoms with van der Waals surface area (Å²) in [5.74, 6) is -0.929. The molecule has 0 aliphatic rings. The first-order chi connectivity index (χ1) is 11.5. The van der Waals surface area contributed by atoms with Crippen LogP contribution in [0, 0.1) is 0 Å². The molecule has 0 heterocycles. The molecule has 3 amide bonds. The van der Waals surface area contributed by atoms with Gasteiger partial charge in [0, 0.05) is 10.0 Å². The van der Waals surface area contributed by atoms with Crippen molar-refractivity contribution < 1.29 is 23.9 Å². The van der Waals surface area contributed by atoms with E-state index in [0.717, 1.165) is 4.47 Å². The molecular formula is C17H23BrN2O5. The highest BCUT2D eigenvalue weighted by molar-refractivity contribution is 9.10. The van der Waals surface area contributed by atoms with Gasteiger partial charge in [-0.2, -0.15) is 0 Å². The topological polar surface area (TPSA) is 93.7 Å². The fourth-order valence-electron chi connectivity index (χ4n) is 1.67. The van der Waals surface area contributed by atoms with Gasteiger partial charge >= 0.3 is 12.0 Å². The summed E-state index contributed by atoms with van der Waals surface area (Å²) in [6.07, 6.45) is -2.03. The lowest BCUT2D eigenvalue weighted by molar-refractivity contribution is -0.160. The molecule has 8 heteroatoms. The first kappa shape index (κ1) is 21.0. The Hall–Kier alpha value is -2.09. The third kappa shape index (κ3) is 8.02. The summed E-state index contributed by atoms with van der Waals surface area (Å²) >= 11 is 3.30. The monoisotopic (exact) mass is 414 g/mol. The van der Waals surface area contributed by atoms with Crippen molar-refractivity contribution >= 4 is 33.8 Å². The number of nitrogens with one attached hydrogen (secondary N) is 2. The summed E-state index contributed by atoms with van der Waals surface area (Å²) in [4.78, 5) is 35.6. The molecule has 0 radical (unpaired) electrons. The molecule has 0 saturated carbocycles. The van der Waals surface area contributed by atoms with Crippen molar-refractivity contribution in [2.45, 2.75) is 52.4 Å². The molecule has 0 aliphatic heterocycles. The van der Waals surface area contributed by atoms with Crippen LogP contribution in [0.15, 0.2) is 28.7 Å². The number of halogens is 1. The Morgan fingerprint density at radius 2 is 1.60 bits per heavy atom. The van der Waals surface area contributed by atoms with E-state index in [9.17, 15) is 14.4 Å². The van der Waals surface area contributed by atoms with Crippen molar-refractivity contribution in [3.05, 3.63) is 28.7 Å². The largest absolute Gasteiger partial charge is 0.479 e. The van der Waals surface area contributed by atoms with Crippen LogP contribution in [0.3, 0.4) is 0 Å². The molecule has 0 aromatic heterocycles. The van der Waals surface area contributed by atoms with Crippen molar-refractivity contribution in [1.82, 2.24) is 10.6 Å². The number of ether oxygens (including phenoxy) is 2. The average molecular weight is 415 g/mol. The molecule has 0 spiro atoms. The molecule has 0 saturated heterocycles. The van der Waals surface area contributed by atoms with E-state index in [4.69, 9.17) is 9.47 Å². The molecule has 0 fully saturated rings. The lowest BCUT2D eigenvalue weighted by Gasteiger charge is -2.21. The first-order valence-electron chi connectivity index (χ1n) is 7.73. The Kier molecular flexibility index (Phi) is 7.41. The van der Waals surface area contributed by atoms with Crippen molar-refractivity contribution in [2.75, 3.05) is 0 Å².